The van der Waals surface area contributed by atoms with Crippen LogP contribution in [0.1, 0.15) is 17.2 Å². The highest BCUT2D eigenvalue weighted by Crippen LogP contribution is 2.23. The maximum absolute atomic E-state index is 5.94. The third kappa shape index (κ3) is 6.20. The fourth-order valence-corrected chi connectivity index (χ4v) is 3.51. The number of aryl methyl sites for hydroxylation is 1. The molecule has 0 spiro atoms. The normalized spacial score (nSPS) is 16.5. The third-order valence-corrected chi connectivity index (χ3v) is 5.00. The number of aliphatic imine (C=N–C) groups is 1. The average molecular weight is 533 g/mol. The van der Waals surface area contributed by atoms with Crippen molar-refractivity contribution in [2.45, 2.75) is 12.6 Å². The largest absolute Gasteiger partial charge is 0.457 e. The molecule has 3 aromatic rings. The topological polar surface area (TPSA) is 63.9 Å². The van der Waals surface area contributed by atoms with Crippen molar-refractivity contribution in [1.29, 1.82) is 0 Å². The summed E-state index contributed by atoms with van der Waals surface area (Å²) < 4.78 is 13.7. The number of halogens is 1. The van der Waals surface area contributed by atoms with Crippen LogP contribution in [0.15, 0.2) is 72.0 Å². The van der Waals surface area contributed by atoms with Gasteiger partial charge >= 0.3 is 0 Å². The van der Waals surface area contributed by atoms with Crippen molar-refractivity contribution in [3.05, 3.63) is 78.1 Å². The van der Waals surface area contributed by atoms with Crippen LogP contribution in [-0.4, -0.2) is 47.4 Å². The van der Waals surface area contributed by atoms with Crippen LogP contribution in [0.5, 0.6) is 11.5 Å². The molecular formula is C23H28IN5O2. The molecule has 2 aromatic carbocycles. The highest BCUT2D eigenvalue weighted by atomic mass is 127. The number of hydrogen-bond acceptors (Lipinski definition) is 4. The van der Waals surface area contributed by atoms with Gasteiger partial charge in [-0.25, -0.2) is 0 Å². The molecule has 1 atom stereocenters. The Kier molecular flexibility index (Phi) is 8.30. The van der Waals surface area contributed by atoms with Gasteiger partial charge in [-0.2, -0.15) is 5.10 Å². The number of nitrogens with zero attached hydrogens (tertiary/aromatic N) is 4. The van der Waals surface area contributed by atoms with Gasteiger partial charge in [0.2, 0.25) is 0 Å². The molecular weight excluding hydrogens is 505 g/mol. The van der Waals surface area contributed by atoms with E-state index in [9.17, 15) is 0 Å². The van der Waals surface area contributed by atoms with E-state index in [4.69, 9.17) is 9.47 Å². The highest BCUT2D eigenvalue weighted by Gasteiger charge is 2.25. The second-order valence-corrected chi connectivity index (χ2v) is 7.22. The van der Waals surface area contributed by atoms with Crippen LogP contribution in [0.25, 0.3) is 0 Å². The number of aromatic nitrogens is 2. The summed E-state index contributed by atoms with van der Waals surface area (Å²) >= 11 is 0. The first-order chi connectivity index (χ1) is 14.7. The van der Waals surface area contributed by atoms with Crippen molar-refractivity contribution >= 4 is 29.9 Å². The van der Waals surface area contributed by atoms with E-state index in [1.807, 2.05) is 75.0 Å². The Labute approximate surface area is 200 Å². The monoisotopic (exact) mass is 533 g/mol. The molecule has 1 unspecified atom stereocenters. The molecule has 2 heterocycles. The van der Waals surface area contributed by atoms with E-state index in [-0.39, 0.29) is 30.1 Å². The van der Waals surface area contributed by atoms with E-state index >= 15 is 0 Å². The fourth-order valence-electron chi connectivity index (χ4n) is 3.51. The van der Waals surface area contributed by atoms with Gasteiger partial charge in [-0.1, -0.05) is 30.3 Å². The van der Waals surface area contributed by atoms with Crippen molar-refractivity contribution in [2.75, 3.05) is 26.7 Å². The number of guanidine groups is 1. The number of para-hydroxylation sites is 1. The first-order valence-electron chi connectivity index (χ1n) is 10.1. The lowest BCUT2D eigenvalue weighted by atomic mass is 10.1. The van der Waals surface area contributed by atoms with Crippen LogP contribution in [0.3, 0.4) is 0 Å². The van der Waals surface area contributed by atoms with Gasteiger partial charge in [0.1, 0.15) is 17.6 Å². The minimum atomic E-state index is -0.00593. The number of hydrogen-bond donors (Lipinski definition) is 1. The minimum absolute atomic E-state index is 0. The quantitative estimate of drug-likeness (QED) is 0.306. The summed E-state index contributed by atoms with van der Waals surface area (Å²) in [6.07, 6.45) is 3.86. The molecule has 1 aliphatic rings. The molecule has 1 aliphatic heterocycles. The molecule has 0 radical (unpaired) electrons. The zero-order valence-electron chi connectivity index (χ0n) is 17.8. The zero-order chi connectivity index (χ0) is 20.8. The second-order valence-electron chi connectivity index (χ2n) is 7.22. The minimum Gasteiger partial charge on any atom is -0.457 e. The summed E-state index contributed by atoms with van der Waals surface area (Å²) in [5, 5.41) is 7.72. The summed E-state index contributed by atoms with van der Waals surface area (Å²) in [7, 11) is 3.73. The number of morpholine rings is 1. The molecule has 7 nitrogen and oxygen atoms in total. The molecule has 1 saturated heterocycles. The lowest BCUT2D eigenvalue weighted by molar-refractivity contribution is -0.00805. The summed E-state index contributed by atoms with van der Waals surface area (Å²) in [5.74, 6) is 2.51. The molecule has 1 fully saturated rings. The average Bonchev–Trinajstić information content (AvgIpc) is 3.22. The summed E-state index contributed by atoms with van der Waals surface area (Å²) in [5.41, 5.74) is 2.21. The van der Waals surface area contributed by atoms with Gasteiger partial charge in [-0.15, -0.1) is 24.0 Å². The van der Waals surface area contributed by atoms with E-state index in [2.05, 4.69) is 26.4 Å². The first-order valence-corrected chi connectivity index (χ1v) is 10.1. The molecule has 1 aromatic heterocycles. The van der Waals surface area contributed by atoms with Crippen molar-refractivity contribution in [1.82, 2.24) is 20.0 Å². The summed E-state index contributed by atoms with van der Waals surface area (Å²) in [6.45, 7) is 2.85. The number of ether oxygens (including phenoxy) is 2. The Morgan fingerprint density at radius 2 is 2.00 bits per heavy atom. The van der Waals surface area contributed by atoms with Crippen LogP contribution >= 0.6 is 24.0 Å². The molecule has 164 valence electrons. The fraction of sp³-hybridized carbons (Fsp3) is 0.304. The highest BCUT2D eigenvalue weighted by molar-refractivity contribution is 14.0. The van der Waals surface area contributed by atoms with Gasteiger partial charge in [0.25, 0.3) is 0 Å². The Hall–Kier alpha value is -2.59. The maximum Gasteiger partial charge on any atom is 0.194 e. The zero-order valence-corrected chi connectivity index (χ0v) is 20.1. The van der Waals surface area contributed by atoms with Crippen LogP contribution in [0.2, 0.25) is 0 Å². The maximum atomic E-state index is 5.94. The Morgan fingerprint density at radius 1 is 1.19 bits per heavy atom. The van der Waals surface area contributed by atoms with Crippen LogP contribution in [0.4, 0.5) is 0 Å². The van der Waals surface area contributed by atoms with E-state index in [1.165, 1.54) is 0 Å². The van der Waals surface area contributed by atoms with Crippen molar-refractivity contribution < 1.29 is 9.47 Å². The van der Waals surface area contributed by atoms with Gasteiger partial charge in [0.15, 0.2) is 5.96 Å². The lowest BCUT2D eigenvalue weighted by Gasteiger charge is -2.34. The second kappa shape index (κ2) is 11.1. The Bertz CT molecular complexity index is 992. The van der Waals surface area contributed by atoms with E-state index < -0.39 is 0 Å². The predicted octanol–water partition coefficient (Wildman–Crippen LogP) is 3.98. The molecule has 31 heavy (non-hydrogen) atoms. The lowest BCUT2D eigenvalue weighted by Crippen LogP contribution is -2.47. The number of rotatable bonds is 5. The number of nitrogens with one attached hydrogen (secondary N) is 1. The molecule has 0 saturated carbocycles. The van der Waals surface area contributed by atoms with Crippen LogP contribution < -0.4 is 10.1 Å². The molecule has 1 N–H and O–H groups in total. The predicted molar refractivity (Wildman–Crippen MR) is 132 cm³/mol. The van der Waals surface area contributed by atoms with Crippen LogP contribution in [-0.2, 0) is 18.3 Å². The van der Waals surface area contributed by atoms with Gasteiger partial charge in [0, 0.05) is 38.9 Å². The summed E-state index contributed by atoms with van der Waals surface area (Å²) in [4.78, 5) is 6.70. The van der Waals surface area contributed by atoms with Gasteiger partial charge in [0.05, 0.1) is 19.3 Å². The number of benzene rings is 2. The molecule has 8 heteroatoms. The van der Waals surface area contributed by atoms with E-state index in [1.54, 1.807) is 4.68 Å². The van der Waals surface area contributed by atoms with Crippen molar-refractivity contribution in [3.63, 3.8) is 0 Å². The van der Waals surface area contributed by atoms with Gasteiger partial charge < -0.3 is 19.7 Å². The van der Waals surface area contributed by atoms with Crippen molar-refractivity contribution in [2.24, 2.45) is 12.0 Å². The smallest absolute Gasteiger partial charge is 0.194 e. The third-order valence-electron chi connectivity index (χ3n) is 5.00. The SMILES string of the molecule is CN=C(NCc1cccc(Oc2ccccc2)c1)N1CCOC(c2cnn(C)c2)C1.I. The van der Waals surface area contributed by atoms with E-state index in [0.29, 0.717) is 13.2 Å². The first kappa shape index (κ1) is 23.1. The molecule has 0 amide bonds. The van der Waals surface area contributed by atoms with E-state index in [0.717, 1.165) is 41.7 Å². The van der Waals surface area contributed by atoms with Crippen LogP contribution in [0, 0.1) is 0 Å². The molecule has 0 aliphatic carbocycles. The molecule has 0 bridgehead atoms. The summed E-state index contributed by atoms with van der Waals surface area (Å²) in [6, 6.07) is 17.9. The standard InChI is InChI=1S/C23H27N5O2.HI/c1-24-23(28-11-12-29-22(17-28)19-15-26-27(2)16-19)25-14-18-7-6-10-21(13-18)30-20-8-4-3-5-9-20;/h3-10,13,15-16,22H,11-12,14,17H2,1-2H3,(H,24,25);1H. The Balaban J connectivity index is 0.00000272. The van der Waals surface area contributed by atoms with Crippen molar-refractivity contribution in [3.8, 4) is 11.5 Å². The van der Waals surface area contributed by atoms with Gasteiger partial charge in [-0.05, 0) is 29.8 Å². The van der Waals surface area contributed by atoms with Gasteiger partial charge in [-0.3, -0.25) is 9.67 Å². The Morgan fingerprint density at radius 3 is 2.74 bits per heavy atom. The molecule has 4 rings (SSSR count).